The minimum atomic E-state index is -1.13. The van der Waals surface area contributed by atoms with Gasteiger partial charge in [0.05, 0.1) is 0 Å². The fourth-order valence-electron chi connectivity index (χ4n) is 0.784. The summed E-state index contributed by atoms with van der Waals surface area (Å²) in [4.78, 5) is 0. The van der Waals surface area contributed by atoms with Gasteiger partial charge in [0.2, 0.25) is 0 Å². The Balaban J connectivity index is 3.24. The number of ether oxygens (including phenoxy) is 1. The van der Waals surface area contributed by atoms with E-state index in [1.807, 2.05) is 0 Å². The van der Waals surface area contributed by atoms with Gasteiger partial charge in [-0.1, -0.05) is 19.8 Å². The van der Waals surface area contributed by atoms with Crippen LogP contribution in [0.1, 0.15) is 26.2 Å². The lowest BCUT2D eigenvalue weighted by Crippen LogP contribution is -2.35. The van der Waals surface area contributed by atoms with Crippen molar-refractivity contribution >= 4 is 0 Å². The van der Waals surface area contributed by atoms with Gasteiger partial charge < -0.3 is 20.7 Å². The normalized spacial score (nSPS) is 16.0. The molecule has 0 aliphatic heterocycles. The Morgan fingerprint density at radius 1 is 1.33 bits per heavy atom. The highest BCUT2D eigenvalue weighted by Crippen LogP contribution is 1.99. The van der Waals surface area contributed by atoms with Crippen molar-refractivity contribution in [2.45, 2.75) is 38.6 Å². The smallest absolute Gasteiger partial charge is 0.182 e. The third-order valence-corrected chi connectivity index (χ3v) is 1.61. The highest BCUT2D eigenvalue weighted by molar-refractivity contribution is 4.57. The van der Waals surface area contributed by atoms with Crippen LogP contribution in [0.2, 0.25) is 0 Å². The molecule has 0 saturated heterocycles. The molecule has 0 aromatic heterocycles. The van der Waals surface area contributed by atoms with Crippen molar-refractivity contribution in [1.82, 2.24) is 0 Å². The Morgan fingerprint density at radius 3 is 2.50 bits per heavy atom. The van der Waals surface area contributed by atoms with Crippen molar-refractivity contribution in [2.75, 3.05) is 13.2 Å². The highest BCUT2D eigenvalue weighted by atomic mass is 16.6. The maximum absolute atomic E-state index is 9.06. The van der Waals surface area contributed by atoms with E-state index in [1.165, 1.54) is 0 Å². The Morgan fingerprint density at radius 2 is 2.00 bits per heavy atom. The van der Waals surface area contributed by atoms with Gasteiger partial charge in [-0.15, -0.1) is 0 Å². The van der Waals surface area contributed by atoms with E-state index >= 15 is 0 Å². The van der Waals surface area contributed by atoms with Crippen LogP contribution < -0.4 is 5.73 Å². The van der Waals surface area contributed by atoms with Crippen LogP contribution in [0.25, 0.3) is 0 Å². The third kappa shape index (κ3) is 5.49. The second kappa shape index (κ2) is 7.49. The zero-order valence-electron chi connectivity index (χ0n) is 7.57. The largest absolute Gasteiger partial charge is 0.387 e. The monoisotopic (exact) mass is 177 g/mol. The number of aliphatic hydroxyl groups excluding tert-OH is 2. The molecule has 0 aromatic rings. The molecular weight excluding hydrogens is 158 g/mol. The Bertz CT molecular complexity index is 100. The van der Waals surface area contributed by atoms with Crippen molar-refractivity contribution in [2.24, 2.45) is 5.73 Å². The predicted molar refractivity (Wildman–Crippen MR) is 46.5 cm³/mol. The zero-order chi connectivity index (χ0) is 9.40. The number of unbranched alkanes of at least 4 members (excludes halogenated alkanes) is 2. The van der Waals surface area contributed by atoms with Crippen LogP contribution in [0, 0.1) is 0 Å². The Labute approximate surface area is 73.3 Å². The Kier molecular flexibility index (Phi) is 7.39. The summed E-state index contributed by atoms with van der Waals surface area (Å²) in [6, 6.07) is 0. The summed E-state index contributed by atoms with van der Waals surface area (Å²) in [5.41, 5.74) is 5.11. The maximum Gasteiger partial charge on any atom is 0.182 e. The molecule has 0 saturated carbocycles. The van der Waals surface area contributed by atoms with E-state index in [1.54, 1.807) is 0 Å². The fourth-order valence-corrected chi connectivity index (χ4v) is 0.784. The van der Waals surface area contributed by atoms with Crippen LogP contribution in [-0.2, 0) is 4.74 Å². The first-order valence-corrected chi connectivity index (χ1v) is 4.40. The summed E-state index contributed by atoms with van der Waals surface area (Å²) in [5.74, 6) is 0. The molecule has 2 atom stereocenters. The first-order chi connectivity index (χ1) is 5.72. The van der Waals surface area contributed by atoms with Gasteiger partial charge in [0.25, 0.3) is 0 Å². The molecule has 0 aliphatic carbocycles. The summed E-state index contributed by atoms with van der Waals surface area (Å²) in [6.45, 7) is 2.59. The van der Waals surface area contributed by atoms with Gasteiger partial charge in [0, 0.05) is 13.2 Å². The molecule has 74 valence electrons. The van der Waals surface area contributed by atoms with E-state index in [2.05, 4.69) is 6.92 Å². The number of nitrogens with two attached hydrogens (primary N) is 1. The molecular formula is C8H19NO3. The summed E-state index contributed by atoms with van der Waals surface area (Å²) >= 11 is 0. The average molecular weight is 177 g/mol. The second-order valence-electron chi connectivity index (χ2n) is 2.77. The van der Waals surface area contributed by atoms with Gasteiger partial charge in [-0.2, -0.15) is 0 Å². The first-order valence-electron chi connectivity index (χ1n) is 4.40. The molecule has 12 heavy (non-hydrogen) atoms. The average Bonchev–Trinajstić information content (AvgIpc) is 2.10. The molecule has 4 nitrogen and oxygen atoms in total. The van der Waals surface area contributed by atoms with Crippen molar-refractivity contribution in [3.63, 3.8) is 0 Å². The molecule has 2 unspecified atom stereocenters. The van der Waals surface area contributed by atoms with Gasteiger partial charge in [-0.05, 0) is 6.42 Å². The number of hydrogen-bond donors (Lipinski definition) is 3. The minimum Gasteiger partial charge on any atom is -0.387 e. The molecule has 0 radical (unpaired) electrons. The topological polar surface area (TPSA) is 75.7 Å². The van der Waals surface area contributed by atoms with Crippen molar-refractivity contribution in [3.8, 4) is 0 Å². The summed E-state index contributed by atoms with van der Waals surface area (Å²) in [7, 11) is 0. The van der Waals surface area contributed by atoms with E-state index in [-0.39, 0.29) is 6.54 Å². The van der Waals surface area contributed by atoms with Crippen molar-refractivity contribution in [3.05, 3.63) is 0 Å². The van der Waals surface area contributed by atoms with Crippen LogP contribution in [0.3, 0.4) is 0 Å². The van der Waals surface area contributed by atoms with E-state index in [0.717, 1.165) is 19.3 Å². The lowest BCUT2D eigenvalue weighted by Gasteiger charge is -2.16. The molecule has 0 heterocycles. The first kappa shape index (κ1) is 11.8. The molecule has 0 spiro atoms. The molecule has 0 bridgehead atoms. The van der Waals surface area contributed by atoms with Gasteiger partial charge in [-0.3, -0.25) is 0 Å². The van der Waals surface area contributed by atoms with Crippen LogP contribution in [0.4, 0.5) is 0 Å². The number of hydrogen-bond acceptors (Lipinski definition) is 4. The quantitative estimate of drug-likeness (QED) is 0.373. The van der Waals surface area contributed by atoms with Crippen molar-refractivity contribution in [1.29, 1.82) is 0 Å². The van der Waals surface area contributed by atoms with E-state index < -0.39 is 12.4 Å². The van der Waals surface area contributed by atoms with Gasteiger partial charge in [-0.25, -0.2) is 0 Å². The highest BCUT2D eigenvalue weighted by Gasteiger charge is 2.13. The van der Waals surface area contributed by atoms with Crippen molar-refractivity contribution < 1.29 is 14.9 Å². The van der Waals surface area contributed by atoms with E-state index in [9.17, 15) is 0 Å². The zero-order valence-corrected chi connectivity index (χ0v) is 7.57. The van der Waals surface area contributed by atoms with E-state index in [4.69, 9.17) is 20.7 Å². The third-order valence-electron chi connectivity index (χ3n) is 1.61. The Hall–Kier alpha value is -0.160. The molecule has 4 heteroatoms. The maximum atomic E-state index is 9.06. The summed E-state index contributed by atoms with van der Waals surface area (Å²) in [6.07, 6.45) is 0.994. The van der Waals surface area contributed by atoms with Crippen LogP contribution in [-0.4, -0.2) is 35.8 Å². The summed E-state index contributed by atoms with van der Waals surface area (Å²) in [5, 5.41) is 18.0. The lowest BCUT2D eigenvalue weighted by molar-refractivity contribution is -0.158. The number of aliphatic hydroxyl groups is 2. The summed E-state index contributed by atoms with van der Waals surface area (Å²) < 4.78 is 4.92. The molecule has 0 aromatic carbocycles. The molecule has 4 N–H and O–H groups in total. The van der Waals surface area contributed by atoms with E-state index in [0.29, 0.717) is 6.61 Å². The fraction of sp³-hybridized carbons (Fsp3) is 1.00. The number of rotatable bonds is 7. The predicted octanol–water partition coefficient (Wildman–Crippen LogP) is -0.169. The van der Waals surface area contributed by atoms with Gasteiger partial charge in [0.15, 0.2) is 6.29 Å². The molecule has 0 amide bonds. The standard InChI is InChI=1S/C8H19NO3/c1-2-3-4-5-12-8(11)7(10)6-9/h7-8,10-11H,2-6,9H2,1H3. The van der Waals surface area contributed by atoms with Gasteiger partial charge in [0.1, 0.15) is 6.10 Å². The van der Waals surface area contributed by atoms with Crippen LogP contribution >= 0.6 is 0 Å². The van der Waals surface area contributed by atoms with Crippen LogP contribution in [0.15, 0.2) is 0 Å². The second-order valence-corrected chi connectivity index (χ2v) is 2.77. The van der Waals surface area contributed by atoms with Gasteiger partial charge >= 0.3 is 0 Å². The molecule has 0 rings (SSSR count). The molecule has 0 aliphatic rings. The lowest BCUT2D eigenvalue weighted by atomic mass is 10.3. The SMILES string of the molecule is CCCCCOC(O)C(O)CN. The van der Waals surface area contributed by atoms with Crippen LogP contribution in [0.5, 0.6) is 0 Å². The minimum absolute atomic E-state index is 0.0228. The molecule has 0 fully saturated rings.